The summed E-state index contributed by atoms with van der Waals surface area (Å²) in [5, 5.41) is 0. The maximum absolute atomic E-state index is 12.7. The molecule has 1 aromatic carbocycles. The minimum absolute atomic E-state index is 0.0520. The van der Waals surface area contributed by atoms with E-state index in [0.717, 1.165) is 12.8 Å². The Morgan fingerprint density at radius 2 is 1.80 bits per heavy atom. The number of nitrogens with zero attached hydrogens (tertiary/aromatic N) is 1. The Balaban J connectivity index is 2.09. The summed E-state index contributed by atoms with van der Waals surface area (Å²) in [6.07, 6.45) is 2.49. The molecule has 1 N–H and O–H groups in total. The van der Waals surface area contributed by atoms with Crippen LogP contribution in [0.4, 0.5) is 5.69 Å². The maximum Gasteiger partial charge on any atom is 0.243 e. The van der Waals surface area contributed by atoms with Gasteiger partial charge in [0.05, 0.1) is 10.6 Å². The normalized spacial score (nSPS) is 19.9. The maximum atomic E-state index is 12.7. The van der Waals surface area contributed by atoms with Crippen molar-refractivity contribution in [2.45, 2.75) is 44.9 Å². The van der Waals surface area contributed by atoms with Gasteiger partial charge < -0.3 is 0 Å². The van der Waals surface area contributed by atoms with E-state index < -0.39 is 20.0 Å². The van der Waals surface area contributed by atoms with Crippen molar-refractivity contribution >= 4 is 25.7 Å². The molecule has 1 aromatic rings. The molecule has 1 atom stereocenters. The summed E-state index contributed by atoms with van der Waals surface area (Å²) < 4.78 is 53.5. The molecule has 0 saturated carbocycles. The summed E-state index contributed by atoms with van der Waals surface area (Å²) in [5.74, 6) is 0.711. The SMILES string of the molecule is CC(C)CCS(=O)(=O)Nc1ccc(S(=O)(=O)N2CCCC(C)C2)cc1. The molecule has 6 nitrogen and oxygen atoms in total. The van der Waals surface area contributed by atoms with E-state index in [1.54, 1.807) is 0 Å². The standard InChI is InChI=1S/C17H28N2O4S2/c1-14(2)10-12-24(20,21)18-16-6-8-17(9-7-16)25(22,23)19-11-4-5-15(3)13-19/h6-9,14-15,18H,4-5,10-13H2,1-3H3. The number of nitrogens with one attached hydrogen (secondary N) is 1. The van der Waals surface area contributed by atoms with Crippen molar-refractivity contribution in [2.24, 2.45) is 11.8 Å². The molecule has 1 heterocycles. The largest absolute Gasteiger partial charge is 0.284 e. The average molecular weight is 389 g/mol. The number of hydrogen-bond acceptors (Lipinski definition) is 4. The first-order chi connectivity index (χ1) is 11.6. The van der Waals surface area contributed by atoms with Gasteiger partial charge in [-0.05, 0) is 55.4 Å². The molecule has 0 radical (unpaired) electrons. The van der Waals surface area contributed by atoms with E-state index in [1.165, 1.54) is 28.6 Å². The highest BCUT2D eigenvalue weighted by atomic mass is 32.2. The molecule has 1 aliphatic heterocycles. The van der Waals surface area contributed by atoms with E-state index >= 15 is 0 Å². The zero-order chi connectivity index (χ0) is 18.7. The third kappa shape index (κ3) is 5.69. The Morgan fingerprint density at radius 3 is 2.36 bits per heavy atom. The van der Waals surface area contributed by atoms with E-state index in [2.05, 4.69) is 11.6 Å². The van der Waals surface area contributed by atoms with Crippen LogP contribution in [0.3, 0.4) is 0 Å². The van der Waals surface area contributed by atoms with Gasteiger partial charge in [0, 0.05) is 18.8 Å². The fraction of sp³-hybridized carbons (Fsp3) is 0.647. The van der Waals surface area contributed by atoms with Gasteiger partial charge in [0.1, 0.15) is 0 Å². The van der Waals surface area contributed by atoms with Crippen LogP contribution < -0.4 is 4.72 Å². The van der Waals surface area contributed by atoms with Crippen LogP contribution in [-0.2, 0) is 20.0 Å². The Kier molecular flexibility index (Phi) is 6.51. The van der Waals surface area contributed by atoms with Crippen molar-refractivity contribution in [2.75, 3.05) is 23.6 Å². The number of piperidine rings is 1. The molecule has 25 heavy (non-hydrogen) atoms. The lowest BCUT2D eigenvalue weighted by molar-refractivity contribution is 0.281. The van der Waals surface area contributed by atoms with Crippen molar-refractivity contribution < 1.29 is 16.8 Å². The fourth-order valence-electron chi connectivity index (χ4n) is 2.83. The highest BCUT2D eigenvalue weighted by molar-refractivity contribution is 7.92. The molecule has 1 aliphatic rings. The molecule has 0 spiro atoms. The van der Waals surface area contributed by atoms with Crippen LogP contribution in [0.25, 0.3) is 0 Å². The molecule has 2 rings (SSSR count). The van der Waals surface area contributed by atoms with Crippen LogP contribution in [0.5, 0.6) is 0 Å². The number of rotatable bonds is 7. The van der Waals surface area contributed by atoms with E-state index in [9.17, 15) is 16.8 Å². The van der Waals surface area contributed by atoms with Gasteiger partial charge in [0.15, 0.2) is 0 Å². The zero-order valence-electron chi connectivity index (χ0n) is 15.1. The van der Waals surface area contributed by atoms with Crippen LogP contribution in [0, 0.1) is 11.8 Å². The molecular formula is C17H28N2O4S2. The first-order valence-corrected chi connectivity index (χ1v) is 11.8. The van der Waals surface area contributed by atoms with Gasteiger partial charge in [-0.3, -0.25) is 4.72 Å². The molecule has 0 aliphatic carbocycles. The minimum atomic E-state index is -3.52. The molecule has 142 valence electrons. The smallest absolute Gasteiger partial charge is 0.243 e. The lowest BCUT2D eigenvalue weighted by Crippen LogP contribution is -2.39. The number of benzene rings is 1. The van der Waals surface area contributed by atoms with E-state index in [4.69, 9.17) is 0 Å². The Hall–Kier alpha value is -1.12. The van der Waals surface area contributed by atoms with Gasteiger partial charge in [-0.1, -0.05) is 20.8 Å². The zero-order valence-corrected chi connectivity index (χ0v) is 16.7. The van der Waals surface area contributed by atoms with Crippen molar-refractivity contribution in [3.05, 3.63) is 24.3 Å². The Bertz CT molecular complexity index is 771. The second-order valence-corrected chi connectivity index (χ2v) is 11.0. The van der Waals surface area contributed by atoms with Gasteiger partial charge in [0.2, 0.25) is 20.0 Å². The van der Waals surface area contributed by atoms with Crippen LogP contribution in [0.15, 0.2) is 29.2 Å². The molecule has 0 aromatic heterocycles. The number of sulfonamides is 2. The second kappa shape index (κ2) is 8.05. The molecule has 0 amide bonds. The number of anilines is 1. The predicted octanol–water partition coefficient (Wildman–Crippen LogP) is 2.90. The minimum Gasteiger partial charge on any atom is -0.284 e. The summed E-state index contributed by atoms with van der Waals surface area (Å²) in [7, 11) is -6.94. The van der Waals surface area contributed by atoms with Gasteiger partial charge in [-0.25, -0.2) is 16.8 Å². The van der Waals surface area contributed by atoms with Gasteiger partial charge in [-0.15, -0.1) is 0 Å². The summed E-state index contributed by atoms with van der Waals surface area (Å²) in [5.41, 5.74) is 0.384. The Labute approximate surface area is 151 Å². The average Bonchev–Trinajstić information content (AvgIpc) is 2.53. The van der Waals surface area contributed by atoms with Crippen LogP contribution >= 0.6 is 0 Å². The number of hydrogen-bond donors (Lipinski definition) is 1. The van der Waals surface area contributed by atoms with Crippen molar-refractivity contribution in [3.63, 3.8) is 0 Å². The molecule has 8 heteroatoms. The summed E-state index contributed by atoms with van der Waals surface area (Å²) >= 11 is 0. The highest BCUT2D eigenvalue weighted by Crippen LogP contribution is 2.24. The summed E-state index contributed by atoms with van der Waals surface area (Å²) in [6, 6.07) is 5.95. The monoisotopic (exact) mass is 388 g/mol. The lowest BCUT2D eigenvalue weighted by atomic mass is 10.0. The molecule has 1 unspecified atom stereocenters. The van der Waals surface area contributed by atoms with E-state index in [0.29, 0.717) is 37.0 Å². The van der Waals surface area contributed by atoms with Gasteiger partial charge >= 0.3 is 0 Å². The van der Waals surface area contributed by atoms with Crippen molar-refractivity contribution in [3.8, 4) is 0 Å². The lowest BCUT2D eigenvalue weighted by Gasteiger charge is -2.30. The highest BCUT2D eigenvalue weighted by Gasteiger charge is 2.28. The van der Waals surface area contributed by atoms with Crippen LogP contribution in [-0.4, -0.2) is 40.0 Å². The fourth-order valence-corrected chi connectivity index (χ4v) is 5.81. The van der Waals surface area contributed by atoms with Gasteiger partial charge in [0.25, 0.3) is 0 Å². The first kappa shape index (κ1) is 20.2. The molecule has 0 bridgehead atoms. The third-order valence-electron chi connectivity index (χ3n) is 4.35. The van der Waals surface area contributed by atoms with Crippen molar-refractivity contribution in [1.29, 1.82) is 0 Å². The predicted molar refractivity (Wildman–Crippen MR) is 100 cm³/mol. The second-order valence-electron chi connectivity index (χ2n) is 7.24. The van der Waals surface area contributed by atoms with Crippen molar-refractivity contribution in [1.82, 2.24) is 4.31 Å². The summed E-state index contributed by atoms with van der Waals surface area (Å²) in [4.78, 5) is 0.201. The third-order valence-corrected chi connectivity index (χ3v) is 7.55. The first-order valence-electron chi connectivity index (χ1n) is 8.71. The molecular weight excluding hydrogens is 360 g/mol. The summed E-state index contributed by atoms with van der Waals surface area (Å²) in [6.45, 7) is 7.06. The quantitative estimate of drug-likeness (QED) is 0.778. The van der Waals surface area contributed by atoms with E-state index in [-0.39, 0.29) is 10.6 Å². The topological polar surface area (TPSA) is 83.5 Å². The van der Waals surface area contributed by atoms with E-state index in [1.807, 2.05) is 13.8 Å². The molecule has 1 fully saturated rings. The van der Waals surface area contributed by atoms with Gasteiger partial charge in [-0.2, -0.15) is 4.31 Å². The van der Waals surface area contributed by atoms with Crippen LogP contribution in [0.1, 0.15) is 40.0 Å². The van der Waals surface area contributed by atoms with Crippen LogP contribution in [0.2, 0.25) is 0 Å². The molecule has 1 saturated heterocycles. The Morgan fingerprint density at radius 1 is 1.16 bits per heavy atom.